The van der Waals surface area contributed by atoms with Gasteiger partial charge in [0, 0.05) is 4.88 Å². The maximum atomic E-state index is 12.7. The number of rotatable bonds is 4. The van der Waals surface area contributed by atoms with Crippen LogP contribution in [-0.4, -0.2) is 19.6 Å². The summed E-state index contributed by atoms with van der Waals surface area (Å²) in [6, 6.07) is 5.76. The zero-order valence-corrected chi connectivity index (χ0v) is 15.3. The summed E-state index contributed by atoms with van der Waals surface area (Å²) in [5, 5.41) is 7.58. The van der Waals surface area contributed by atoms with Crippen LogP contribution in [0.15, 0.2) is 18.2 Å². The molecular weight excluding hydrogens is 336 g/mol. The van der Waals surface area contributed by atoms with Crippen molar-refractivity contribution >= 4 is 22.2 Å². The molecule has 5 nitrogen and oxygen atoms in total. The highest BCUT2D eigenvalue weighted by atomic mass is 32.1. The lowest BCUT2D eigenvalue weighted by Gasteiger charge is -2.27. The molecule has 132 valence electrons. The minimum atomic E-state index is -0.259. The molecule has 0 spiro atoms. The lowest BCUT2D eigenvalue weighted by atomic mass is 9.94. The highest BCUT2D eigenvalue weighted by Crippen LogP contribution is 2.42. The van der Waals surface area contributed by atoms with E-state index in [0.29, 0.717) is 18.1 Å². The van der Waals surface area contributed by atoms with Gasteiger partial charge in [0.2, 0.25) is 0 Å². The second-order valence-corrected chi connectivity index (χ2v) is 7.41. The van der Waals surface area contributed by atoms with Crippen LogP contribution < -0.4 is 20.1 Å². The van der Waals surface area contributed by atoms with E-state index < -0.39 is 0 Å². The number of anilines is 1. The molecule has 1 amide bonds. The van der Waals surface area contributed by atoms with Crippen LogP contribution >= 0.6 is 11.3 Å². The van der Waals surface area contributed by atoms with Crippen molar-refractivity contribution < 1.29 is 14.3 Å². The SMILES string of the molecule is CCOc1cc(C2NC(=O)c3c(sc4c3CCCC4)N2)ccc1OC. The van der Waals surface area contributed by atoms with Crippen molar-refractivity contribution in [2.75, 3.05) is 19.0 Å². The van der Waals surface area contributed by atoms with Gasteiger partial charge < -0.3 is 20.1 Å². The Bertz CT molecular complexity index is 815. The Morgan fingerprint density at radius 2 is 2.04 bits per heavy atom. The smallest absolute Gasteiger partial charge is 0.256 e. The summed E-state index contributed by atoms with van der Waals surface area (Å²) in [6.07, 6.45) is 4.23. The second kappa shape index (κ2) is 6.59. The van der Waals surface area contributed by atoms with Gasteiger partial charge in [-0.15, -0.1) is 11.3 Å². The molecule has 4 rings (SSSR count). The third kappa shape index (κ3) is 2.84. The van der Waals surface area contributed by atoms with Crippen molar-refractivity contribution in [3.05, 3.63) is 39.8 Å². The lowest BCUT2D eigenvalue weighted by molar-refractivity contribution is 0.0935. The number of hydrogen-bond donors (Lipinski definition) is 2. The number of nitrogens with one attached hydrogen (secondary N) is 2. The molecule has 0 bridgehead atoms. The van der Waals surface area contributed by atoms with E-state index in [1.807, 2.05) is 25.1 Å². The molecule has 0 radical (unpaired) electrons. The first kappa shape index (κ1) is 16.3. The van der Waals surface area contributed by atoms with Gasteiger partial charge >= 0.3 is 0 Å². The molecule has 2 aliphatic rings. The summed E-state index contributed by atoms with van der Waals surface area (Å²) in [6.45, 7) is 2.50. The Labute approximate surface area is 151 Å². The van der Waals surface area contributed by atoms with Crippen LogP contribution in [-0.2, 0) is 12.8 Å². The van der Waals surface area contributed by atoms with Crippen LogP contribution in [0.4, 0.5) is 5.00 Å². The molecule has 1 unspecified atom stereocenters. The Morgan fingerprint density at radius 1 is 1.20 bits per heavy atom. The molecule has 2 N–H and O–H groups in total. The number of thiophene rings is 1. The van der Waals surface area contributed by atoms with Crippen molar-refractivity contribution in [3.63, 3.8) is 0 Å². The Balaban J connectivity index is 1.66. The monoisotopic (exact) mass is 358 g/mol. The minimum Gasteiger partial charge on any atom is -0.493 e. The van der Waals surface area contributed by atoms with E-state index in [-0.39, 0.29) is 12.1 Å². The molecule has 2 heterocycles. The second-order valence-electron chi connectivity index (χ2n) is 6.31. The molecule has 1 aromatic carbocycles. The summed E-state index contributed by atoms with van der Waals surface area (Å²) in [4.78, 5) is 14.1. The molecule has 1 aromatic heterocycles. The van der Waals surface area contributed by atoms with E-state index in [1.165, 1.54) is 23.3 Å². The molecule has 0 fully saturated rings. The van der Waals surface area contributed by atoms with Crippen molar-refractivity contribution in [2.24, 2.45) is 0 Å². The zero-order chi connectivity index (χ0) is 17.4. The number of fused-ring (bicyclic) bond motifs is 3. The van der Waals surface area contributed by atoms with E-state index in [1.54, 1.807) is 18.4 Å². The highest BCUT2D eigenvalue weighted by Gasteiger charge is 2.32. The van der Waals surface area contributed by atoms with Gasteiger partial charge in [0.1, 0.15) is 11.2 Å². The van der Waals surface area contributed by atoms with E-state index in [0.717, 1.165) is 29.0 Å². The molecule has 1 aliphatic heterocycles. The topological polar surface area (TPSA) is 59.6 Å². The van der Waals surface area contributed by atoms with Gasteiger partial charge in [0.05, 0.1) is 19.3 Å². The first-order valence-electron chi connectivity index (χ1n) is 8.74. The molecule has 6 heteroatoms. The third-order valence-corrected chi connectivity index (χ3v) is 5.99. The molecule has 0 saturated heterocycles. The van der Waals surface area contributed by atoms with E-state index in [2.05, 4.69) is 10.6 Å². The summed E-state index contributed by atoms with van der Waals surface area (Å²) >= 11 is 1.73. The van der Waals surface area contributed by atoms with Crippen LogP contribution in [0.25, 0.3) is 0 Å². The van der Waals surface area contributed by atoms with Crippen molar-refractivity contribution in [2.45, 2.75) is 38.8 Å². The fourth-order valence-corrected chi connectivity index (χ4v) is 4.90. The molecular formula is C19H22N2O3S. The average molecular weight is 358 g/mol. The minimum absolute atomic E-state index is 0.0203. The van der Waals surface area contributed by atoms with Gasteiger partial charge in [-0.3, -0.25) is 4.79 Å². The summed E-state index contributed by atoms with van der Waals surface area (Å²) in [5.41, 5.74) is 3.06. The molecule has 1 atom stereocenters. The lowest BCUT2D eigenvalue weighted by Crippen LogP contribution is -2.38. The van der Waals surface area contributed by atoms with Gasteiger partial charge in [-0.25, -0.2) is 0 Å². The number of aryl methyl sites for hydroxylation is 1. The molecule has 0 saturated carbocycles. The fourth-order valence-electron chi connectivity index (χ4n) is 3.59. The van der Waals surface area contributed by atoms with Crippen LogP contribution in [0.5, 0.6) is 11.5 Å². The van der Waals surface area contributed by atoms with Gasteiger partial charge in [-0.2, -0.15) is 0 Å². The van der Waals surface area contributed by atoms with Crippen molar-refractivity contribution in [1.82, 2.24) is 5.32 Å². The number of methoxy groups -OCH3 is 1. The number of hydrogen-bond acceptors (Lipinski definition) is 5. The quantitative estimate of drug-likeness (QED) is 0.871. The highest BCUT2D eigenvalue weighted by molar-refractivity contribution is 7.16. The number of carbonyl (C=O) groups excluding carboxylic acids is 1. The van der Waals surface area contributed by atoms with E-state index >= 15 is 0 Å². The summed E-state index contributed by atoms with van der Waals surface area (Å²) in [7, 11) is 1.63. The molecule has 25 heavy (non-hydrogen) atoms. The average Bonchev–Trinajstić information content (AvgIpc) is 3.00. The van der Waals surface area contributed by atoms with Crippen molar-refractivity contribution in [3.8, 4) is 11.5 Å². The van der Waals surface area contributed by atoms with Crippen LogP contribution in [0.2, 0.25) is 0 Å². The number of amides is 1. The predicted octanol–water partition coefficient (Wildman–Crippen LogP) is 3.89. The van der Waals surface area contributed by atoms with Gasteiger partial charge in [-0.1, -0.05) is 6.07 Å². The molecule has 2 aromatic rings. The Kier molecular flexibility index (Phi) is 4.29. The van der Waals surface area contributed by atoms with E-state index in [9.17, 15) is 4.79 Å². The molecule has 1 aliphatic carbocycles. The first-order chi connectivity index (χ1) is 12.2. The van der Waals surface area contributed by atoms with Crippen LogP contribution in [0, 0.1) is 0 Å². The fraction of sp³-hybridized carbons (Fsp3) is 0.421. The zero-order valence-electron chi connectivity index (χ0n) is 14.5. The van der Waals surface area contributed by atoms with Crippen molar-refractivity contribution in [1.29, 1.82) is 0 Å². The maximum Gasteiger partial charge on any atom is 0.256 e. The standard InChI is InChI=1S/C19H22N2O3S/c1-3-24-14-10-11(8-9-13(14)23-2)17-20-18(22)16-12-6-4-5-7-15(12)25-19(16)21-17/h8-10,17,21H,3-7H2,1-2H3,(H,20,22). The third-order valence-electron chi connectivity index (χ3n) is 4.77. The Hall–Kier alpha value is -2.21. The van der Waals surface area contributed by atoms with Crippen LogP contribution in [0.1, 0.15) is 52.3 Å². The number of carbonyl (C=O) groups is 1. The Morgan fingerprint density at radius 3 is 2.84 bits per heavy atom. The van der Waals surface area contributed by atoms with Gasteiger partial charge in [0.15, 0.2) is 11.5 Å². The predicted molar refractivity (Wildman–Crippen MR) is 99.0 cm³/mol. The normalized spacial score (nSPS) is 18.6. The largest absolute Gasteiger partial charge is 0.493 e. The van der Waals surface area contributed by atoms with Crippen LogP contribution in [0.3, 0.4) is 0 Å². The summed E-state index contributed by atoms with van der Waals surface area (Å²) < 4.78 is 11.0. The van der Waals surface area contributed by atoms with Gasteiger partial charge in [0.25, 0.3) is 5.91 Å². The number of ether oxygens (including phenoxy) is 2. The van der Waals surface area contributed by atoms with Gasteiger partial charge in [-0.05, 0) is 55.9 Å². The van der Waals surface area contributed by atoms with E-state index in [4.69, 9.17) is 9.47 Å². The number of benzene rings is 1. The first-order valence-corrected chi connectivity index (χ1v) is 9.55. The summed E-state index contributed by atoms with van der Waals surface area (Å²) in [5.74, 6) is 1.40. The maximum absolute atomic E-state index is 12.7.